The molecule has 0 radical (unpaired) electrons. The summed E-state index contributed by atoms with van der Waals surface area (Å²) in [7, 11) is 0. The molecule has 0 aromatic carbocycles. The van der Waals surface area contributed by atoms with Crippen molar-refractivity contribution < 1.29 is 89.0 Å². The normalized spacial score (nSPS) is 15.1. The van der Waals surface area contributed by atoms with Crippen LogP contribution in [0.3, 0.4) is 0 Å². The first-order valence-electron chi connectivity index (χ1n) is 8.16. The number of ether oxygens (including phenoxy) is 1. The van der Waals surface area contributed by atoms with Crippen molar-refractivity contribution >= 4 is 11.8 Å². The van der Waals surface area contributed by atoms with Gasteiger partial charge < -0.3 is 4.74 Å². The molecule has 0 fully saturated rings. The van der Waals surface area contributed by atoms with Crippen LogP contribution in [0.1, 0.15) is 12.8 Å². The molecular formula is C15H9F17O3. The second-order valence-corrected chi connectivity index (χ2v) is 6.42. The van der Waals surface area contributed by atoms with E-state index < -0.39 is 78.8 Å². The first-order valence-corrected chi connectivity index (χ1v) is 8.16. The largest absolute Gasteiger partial charge is 0.463 e. The Hall–Kier alpha value is -2.31. The summed E-state index contributed by atoms with van der Waals surface area (Å²) in [6, 6.07) is 0. The molecule has 0 saturated heterocycles. The number of esters is 1. The van der Waals surface area contributed by atoms with Crippen molar-refractivity contribution in [2.45, 2.75) is 60.5 Å². The first-order chi connectivity index (χ1) is 15.1. The molecule has 0 unspecified atom stereocenters. The van der Waals surface area contributed by atoms with Gasteiger partial charge in [0.05, 0.1) is 6.61 Å². The van der Waals surface area contributed by atoms with E-state index in [0.717, 1.165) is 0 Å². The summed E-state index contributed by atoms with van der Waals surface area (Å²) in [5.74, 6) is -62.8. The second-order valence-electron chi connectivity index (χ2n) is 6.42. The van der Waals surface area contributed by atoms with Gasteiger partial charge in [-0.3, -0.25) is 4.79 Å². The van der Waals surface area contributed by atoms with Gasteiger partial charge in [-0.15, -0.1) is 0 Å². The van der Waals surface area contributed by atoms with Crippen LogP contribution < -0.4 is 0 Å². The highest BCUT2D eigenvalue weighted by Crippen LogP contribution is 2.64. The van der Waals surface area contributed by atoms with E-state index in [1.807, 2.05) is 0 Å². The number of carbonyl (C=O) groups excluding carboxylic acids is 2. The van der Waals surface area contributed by atoms with Crippen LogP contribution in [0.4, 0.5) is 74.6 Å². The first kappa shape index (κ1) is 32.7. The lowest BCUT2D eigenvalue weighted by Gasteiger charge is -2.42. The highest BCUT2D eigenvalue weighted by Gasteiger charge is 2.95. The van der Waals surface area contributed by atoms with Gasteiger partial charge >= 0.3 is 53.6 Å². The van der Waals surface area contributed by atoms with Gasteiger partial charge in [0.25, 0.3) is 0 Å². The molecule has 0 aliphatic carbocycles. The number of ketones is 1. The molecule has 0 aromatic heterocycles. The van der Waals surface area contributed by atoms with E-state index in [2.05, 4.69) is 11.3 Å². The van der Waals surface area contributed by atoms with Crippen LogP contribution in [0.2, 0.25) is 0 Å². The average Bonchev–Trinajstić information content (AvgIpc) is 2.68. The van der Waals surface area contributed by atoms with Crippen LogP contribution in [0.5, 0.6) is 0 Å². The van der Waals surface area contributed by atoms with Crippen LogP contribution in [0.15, 0.2) is 12.7 Å². The van der Waals surface area contributed by atoms with Crippen molar-refractivity contribution in [3.05, 3.63) is 12.7 Å². The molecule has 3 nitrogen and oxygen atoms in total. The monoisotopic (exact) mass is 560 g/mol. The molecule has 20 heteroatoms. The van der Waals surface area contributed by atoms with E-state index in [1.165, 1.54) is 0 Å². The highest BCUT2D eigenvalue weighted by molar-refractivity contribution is 5.87. The fraction of sp³-hybridized carbons (Fsp3) is 0.733. The Labute approximate surface area is 181 Å². The van der Waals surface area contributed by atoms with E-state index in [-0.39, 0.29) is 0 Å². The summed E-state index contributed by atoms with van der Waals surface area (Å²) >= 11 is 0. The smallest absolute Gasteiger partial charge is 0.460 e. The van der Waals surface area contributed by atoms with Crippen molar-refractivity contribution in [3.8, 4) is 0 Å². The quantitative estimate of drug-likeness (QED) is 0.126. The Morgan fingerprint density at radius 3 is 1.29 bits per heavy atom. The number of hydrogen-bond acceptors (Lipinski definition) is 3. The lowest BCUT2D eigenvalue weighted by molar-refractivity contribution is -0.459. The summed E-state index contributed by atoms with van der Waals surface area (Å²) in [6.07, 6.45) is -10.6. The molecule has 0 atom stereocenters. The molecule has 0 amide bonds. The topological polar surface area (TPSA) is 43.4 Å². The third-order valence-electron chi connectivity index (χ3n) is 4.03. The predicted octanol–water partition coefficient (Wildman–Crippen LogP) is 6.07. The zero-order chi connectivity index (χ0) is 28.7. The van der Waals surface area contributed by atoms with Gasteiger partial charge in [0.1, 0.15) is 0 Å². The summed E-state index contributed by atoms with van der Waals surface area (Å²) in [5.41, 5.74) is 0. The number of hydrogen-bond donors (Lipinski definition) is 0. The summed E-state index contributed by atoms with van der Waals surface area (Å²) in [6.45, 7) is 1.74. The average molecular weight is 560 g/mol. The van der Waals surface area contributed by atoms with Crippen molar-refractivity contribution in [1.29, 1.82) is 0 Å². The molecule has 0 aliphatic rings. The molecule has 206 valence electrons. The number of Topliss-reactive ketones (excluding diaryl/α,β-unsaturated/α-hetero) is 1. The van der Waals surface area contributed by atoms with E-state index in [4.69, 9.17) is 0 Å². The Balaban J connectivity index is 6.32. The molecule has 0 heterocycles. The highest BCUT2D eigenvalue weighted by atomic mass is 19.4. The molecule has 0 saturated carbocycles. The predicted molar refractivity (Wildman–Crippen MR) is 76.1 cm³/mol. The summed E-state index contributed by atoms with van der Waals surface area (Å²) in [5, 5.41) is 0. The lowest BCUT2D eigenvalue weighted by atomic mass is 9.87. The van der Waals surface area contributed by atoms with Crippen LogP contribution >= 0.6 is 0 Å². The van der Waals surface area contributed by atoms with Gasteiger partial charge in [-0.05, 0) is 6.42 Å². The Morgan fingerprint density at radius 1 is 0.600 bits per heavy atom. The third-order valence-corrected chi connectivity index (χ3v) is 4.03. The zero-order valence-corrected chi connectivity index (χ0v) is 16.1. The maximum Gasteiger partial charge on any atom is 0.460 e. The van der Waals surface area contributed by atoms with Crippen molar-refractivity contribution in [2.75, 3.05) is 6.61 Å². The summed E-state index contributed by atoms with van der Waals surface area (Å²) < 4.78 is 226. The maximum absolute atomic E-state index is 13.6. The van der Waals surface area contributed by atoms with E-state index in [9.17, 15) is 84.2 Å². The van der Waals surface area contributed by atoms with Crippen LogP contribution in [-0.4, -0.2) is 66.0 Å². The van der Waals surface area contributed by atoms with Gasteiger partial charge in [0.2, 0.25) is 5.78 Å². The number of alkyl halides is 17. The molecule has 35 heavy (non-hydrogen) atoms. The summed E-state index contributed by atoms with van der Waals surface area (Å²) in [4.78, 5) is 21.8. The Bertz CT molecular complexity index is 812. The van der Waals surface area contributed by atoms with Crippen LogP contribution in [-0.2, 0) is 14.3 Å². The number of carbonyl (C=O) groups is 2. The molecule has 0 aliphatic heterocycles. The van der Waals surface area contributed by atoms with Crippen molar-refractivity contribution in [3.63, 3.8) is 0 Å². The van der Waals surface area contributed by atoms with Crippen molar-refractivity contribution in [2.24, 2.45) is 0 Å². The fourth-order valence-electron chi connectivity index (χ4n) is 1.96. The van der Waals surface area contributed by atoms with Crippen LogP contribution in [0, 0.1) is 0 Å². The molecule has 0 aromatic rings. The zero-order valence-electron chi connectivity index (χ0n) is 16.1. The van der Waals surface area contributed by atoms with E-state index in [1.54, 1.807) is 0 Å². The molecule has 0 rings (SSSR count). The van der Waals surface area contributed by atoms with Gasteiger partial charge in [-0.2, -0.15) is 74.6 Å². The fourth-order valence-corrected chi connectivity index (χ4v) is 1.96. The maximum atomic E-state index is 13.6. The molecule has 0 N–H and O–H groups in total. The minimum Gasteiger partial charge on any atom is -0.463 e. The molecule has 0 spiro atoms. The van der Waals surface area contributed by atoms with E-state index in [0.29, 0.717) is 6.08 Å². The number of rotatable bonds is 12. The Morgan fingerprint density at radius 2 is 0.943 bits per heavy atom. The third kappa shape index (κ3) is 4.88. The second kappa shape index (κ2) is 9.29. The van der Waals surface area contributed by atoms with E-state index >= 15 is 0 Å². The minimum absolute atomic E-state index is 0.450. The van der Waals surface area contributed by atoms with Gasteiger partial charge in [0.15, 0.2) is 0 Å². The van der Waals surface area contributed by atoms with Gasteiger partial charge in [0, 0.05) is 12.5 Å². The van der Waals surface area contributed by atoms with Gasteiger partial charge in [-0.1, -0.05) is 6.58 Å². The van der Waals surface area contributed by atoms with Crippen molar-refractivity contribution in [1.82, 2.24) is 0 Å². The van der Waals surface area contributed by atoms with Gasteiger partial charge in [-0.25, -0.2) is 4.79 Å². The molecule has 0 bridgehead atoms. The number of halogens is 17. The van der Waals surface area contributed by atoms with Crippen LogP contribution in [0.25, 0.3) is 0 Å². The minimum atomic E-state index is -8.76. The lowest BCUT2D eigenvalue weighted by Crippen LogP contribution is -2.75. The Kier molecular flexibility index (Phi) is 8.67. The SMILES string of the molecule is C=CC(=O)OCCCC(=O)C(F)(F)C(F)(F)C(F)(F)C(F)(F)C(F)(F)C(F)(F)C(F)(F)C(F)(F)F. The standard InChI is InChI=1S/C15H9F17O3/c1-2-7(34)35-5-3-4-6(33)8(16,17)9(18,19)10(20,21)11(22,23)12(24,25)13(26,27)14(28,29)15(30,31)32/h2H,1,3-5H2. The molecular weight excluding hydrogens is 551 g/mol.